The molecule has 0 amide bonds. The van der Waals surface area contributed by atoms with Crippen LogP contribution in [0.4, 0.5) is 22.0 Å². The van der Waals surface area contributed by atoms with Crippen molar-refractivity contribution in [2.24, 2.45) is 0 Å². The number of piperidine rings is 1. The molecule has 11 heteroatoms. The Morgan fingerprint density at radius 3 is 2.12 bits per heavy atom. The van der Waals surface area contributed by atoms with Crippen molar-refractivity contribution >= 4 is 11.9 Å². The number of benzene rings is 2. The van der Waals surface area contributed by atoms with Gasteiger partial charge in [0.25, 0.3) is 0 Å². The maximum absolute atomic E-state index is 14.5. The highest BCUT2D eigenvalue weighted by Crippen LogP contribution is 2.43. The lowest BCUT2D eigenvalue weighted by molar-refractivity contribution is -0.265. The minimum absolute atomic E-state index is 0.111. The van der Waals surface area contributed by atoms with Gasteiger partial charge >= 0.3 is 11.9 Å². The summed E-state index contributed by atoms with van der Waals surface area (Å²) in [6.45, 7) is 1.65. The molecule has 4 rings (SSSR count). The van der Waals surface area contributed by atoms with Gasteiger partial charge in [0, 0.05) is 31.5 Å². The maximum Gasteiger partial charge on any atom is 0.350 e. The van der Waals surface area contributed by atoms with Crippen LogP contribution < -0.4 is 4.74 Å². The van der Waals surface area contributed by atoms with Crippen molar-refractivity contribution < 1.29 is 45.9 Å². The van der Waals surface area contributed by atoms with E-state index in [1.807, 2.05) is 0 Å². The minimum atomic E-state index is -2.32. The normalized spacial score (nSPS) is 24.2. The van der Waals surface area contributed by atoms with Crippen molar-refractivity contribution in [3.05, 3.63) is 76.6 Å². The maximum atomic E-state index is 14.5. The number of carbonyl (C=O) groups excluding carboxylic acids is 2. The van der Waals surface area contributed by atoms with Crippen LogP contribution in [0.5, 0.6) is 5.75 Å². The second-order valence-electron chi connectivity index (χ2n) is 7.59. The SMILES string of the molecule is Cc1ccc(C2(Oc3c(F)c(F)c(F)c(F)c3F)CCN3OC(=O)/C=C\C(=O)OC3C2)cc1. The molecule has 1 saturated heterocycles. The molecule has 0 bridgehead atoms. The van der Waals surface area contributed by atoms with E-state index >= 15 is 0 Å². The fraction of sp³-hybridized carbons (Fsp3) is 0.273. The molecule has 0 radical (unpaired) electrons. The monoisotopic (exact) mass is 469 g/mol. The van der Waals surface area contributed by atoms with Gasteiger partial charge in [0.2, 0.25) is 29.1 Å². The summed E-state index contributed by atoms with van der Waals surface area (Å²) in [4.78, 5) is 28.9. The van der Waals surface area contributed by atoms with Crippen LogP contribution in [0.2, 0.25) is 0 Å². The largest absolute Gasteiger partial charge is 0.476 e. The molecule has 0 saturated carbocycles. The van der Waals surface area contributed by atoms with E-state index in [9.17, 15) is 31.5 Å². The zero-order valence-corrected chi connectivity index (χ0v) is 17.0. The lowest BCUT2D eigenvalue weighted by Gasteiger charge is -2.44. The molecule has 2 aromatic rings. The highest BCUT2D eigenvalue weighted by molar-refractivity contribution is 5.92. The van der Waals surface area contributed by atoms with Crippen molar-refractivity contribution in [3.63, 3.8) is 0 Å². The molecule has 0 spiro atoms. The van der Waals surface area contributed by atoms with Gasteiger partial charge in [0.15, 0.2) is 12.0 Å². The van der Waals surface area contributed by atoms with Crippen molar-refractivity contribution in [1.29, 1.82) is 0 Å². The Hall–Kier alpha value is -3.47. The first-order valence-electron chi connectivity index (χ1n) is 9.76. The molecule has 0 aromatic heterocycles. The van der Waals surface area contributed by atoms with Crippen LogP contribution in [0.15, 0.2) is 36.4 Å². The number of rotatable bonds is 3. The summed E-state index contributed by atoms with van der Waals surface area (Å²) < 4.78 is 80.9. The molecular weight excluding hydrogens is 453 g/mol. The Kier molecular flexibility index (Phi) is 5.83. The minimum Gasteiger partial charge on any atom is -0.476 e. The lowest BCUT2D eigenvalue weighted by atomic mass is 9.83. The zero-order chi connectivity index (χ0) is 23.9. The molecule has 2 aromatic carbocycles. The summed E-state index contributed by atoms with van der Waals surface area (Å²) in [5.74, 6) is -14.1. The predicted molar refractivity (Wildman–Crippen MR) is 101 cm³/mol. The predicted octanol–water partition coefficient (Wildman–Crippen LogP) is 3.96. The molecular formula is C22H16F5NO5. The van der Waals surface area contributed by atoms with Gasteiger partial charge in [-0.1, -0.05) is 34.9 Å². The molecule has 2 aliphatic heterocycles. The second kappa shape index (κ2) is 8.47. The topological polar surface area (TPSA) is 65.1 Å². The molecule has 2 aliphatic rings. The van der Waals surface area contributed by atoms with E-state index in [1.165, 1.54) is 0 Å². The Morgan fingerprint density at radius 1 is 0.909 bits per heavy atom. The first kappa shape index (κ1) is 22.7. The van der Waals surface area contributed by atoms with Crippen LogP contribution in [0.1, 0.15) is 24.0 Å². The van der Waals surface area contributed by atoms with Gasteiger partial charge in [0.05, 0.1) is 0 Å². The summed E-state index contributed by atoms with van der Waals surface area (Å²) in [7, 11) is 0. The number of esters is 1. The Morgan fingerprint density at radius 2 is 1.48 bits per heavy atom. The van der Waals surface area contributed by atoms with E-state index in [-0.39, 0.29) is 19.4 Å². The number of hydrogen-bond donors (Lipinski definition) is 0. The number of hydrogen-bond acceptors (Lipinski definition) is 6. The highest BCUT2D eigenvalue weighted by Gasteiger charge is 2.48. The van der Waals surface area contributed by atoms with Crippen molar-refractivity contribution in [2.45, 2.75) is 31.6 Å². The van der Waals surface area contributed by atoms with Gasteiger partial charge < -0.3 is 14.3 Å². The fourth-order valence-corrected chi connectivity index (χ4v) is 3.72. The summed E-state index contributed by atoms with van der Waals surface area (Å²) in [6.07, 6.45) is -0.00991. The molecule has 2 heterocycles. The van der Waals surface area contributed by atoms with Gasteiger partial charge in [-0.3, -0.25) is 0 Å². The van der Waals surface area contributed by atoms with Gasteiger partial charge in [-0.2, -0.15) is 8.78 Å². The standard InChI is InChI=1S/C22H16F5NO5/c1-11-2-4-12(5-3-11)22(32-21-19(26)17(24)16(23)18(25)20(21)27)8-9-28-13(10-22)31-14(29)6-7-15(30)33-28/h2-7,13H,8-10H2,1H3/b7-6-. The van der Waals surface area contributed by atoms with Crippen LogP contribution in [-0.4, -0.2) is 29.8 Å². The Labute approximate surface area is 184 Å². The molecule has 0 N–H and O–H groups in total. The van der Waals surface area contributed by atoms with Crippen LogP contribution >= 0.6 is 0 Å². The van der Waals surface area contributed by atoms with E-state index in [1.54, 1.807) is 31.2 Å². The summed E-state index contributed by atoms with van der Waals surface area (Å²) in [6, 6.07) is 6.46. The summed E-state index contributed by atoms with van der Waals surface area (Å²) in [5.41, 5.74) is -0.529. The molecule has 1 fully saturated rings. The van der Waals surface area contributed by atoms with Crippen molar-refractivity contribution in [1.82, 2.24) is 5.06 Å². The number of ether oxygens (including phenoxy) is 2. The third-order valence-corrected chi connectivity index (χ3v) is 5.42. The molecule has 33 heavy (non-hydrogen) atoms. The fourth-order valence-electron chi connectivity index (χ4n) is 3.72. The number of nitrogens with zero attached hydrogens (tertiary/aromatic N) is 1. The van der Waals surface area contributed by atoms with Gasteiger partial charge in [-0.05, 0) is 12.5 Å². The molecule has 174 valence electrons. The van der Waals surface area contributed by atoms with E-state index in [2.05, 4.69) is 0 Å². The number of aryl methyl sites for hydroxylation is 1. The van der Waals surface area contributed by atoms with Crippen molar-refractivity contribution in [3.8, 4) is 5.75 Å². The Balaban J connectivity index is 1.80. The average molecular weight is 469 g/mol. The molecule has 2 atom stereocenters. The third kappa shape index (κ3) is 4.15. The second-order valence-corrected chi connectivity index (χ2v) is 7.59. The molecule has 6 nitrogen and oxygen atoms in total. The molecule has 2 unspecified atom stereocenters. The third-order valence-electron chi connectivity index (χ3n) is 5.42. The quantitative estimate of drug-likeness (QED) is 0.294. The van der Waals surface area contributed by atoms with Gasteiger partial charge in [-0.25, -0.2) is 22.8 Å². The van der Waals surface area contributed by atoms with Crippen LogP contribution in [-0.2, 0) is 24.8 Å². The van der Waals surface area contributed by atoms with E-state index in [0.717, 1.165) is 22.8 Å². The highest BCUT2D eigenvalue weighted by atomic mass is 19.2. The number of hydroxylamine groups is 2. The van der Waals surface area contributed by atoms with Crippen molar-refractivity contribution in [2.75, 3.05) is 6.54 Å². The van der Waals surface area contributed by atoms with Crippen LogP contribution in [0.3, 0.4) is 0 Å². The average Bonchev–Trinajstić information content (AvgIpc) is 2.79. The van der Waals surface area contributed by atoms with E-state index in [4.69, 9.17) is 14.3 Å². The van der Waals surface area contributed by atoms with Gasteiger partial charge in [0.1, 0.15) is 5.60 Å². The smallest absolute Gasteiger partial charge is 0.350 e. The first-order chi connectivity index (χ1) is 15.6. The Bertz CT molecular complexity index is 1120. The number of carbonyl (C=O) groups is 2. The molecule has 0 aliphatic carbocycles. The zero-order valence-electron chi connectivity index (χ0n) is 17.0. The van der Waals surface area contributed by atoms with Crippen LogP contribution in [0, 0.1) is 36.0 Å². The number of halogens is 5. The lowest BCUT2D eigenvalue weighted by Crippen LogP contribution is -2.54. The summed E-state index contributed by atoms with van der Waals surface area (Å²) in [5, 5.41) is 1.05. The van der Waals surface area contributed by atoms with Gasteiger partial charge in [-0.15, -0.1) is 0 Å². The summed E-state index contributed by atoms with van der Waals surface area (Å²) >= 11 is 0. The van der Waals surface area contributed by atoms with E-state index < -0.39 is 58.6 Å². The van der Waals surface area contributed by atoms with E-state index in [0.29, 0.717) is 5.56 Å². The first-order valence-corrected chi connectivity index (χ1v) is 9.76. The van der Waals surface area contributed by atoms with Crippen LogP contribution in [0.25, 0.3) is 0 Å². The number of fused-ring (bicyclic) bond motifs is 1.